The maximum Gasteiger partial charge on any atom is 0.285 e. The van der Waals surface area contributed by atoms with Crippen LogP contribution in [0.25, 0.3) is 0 Å². The number of nitro benzene ring substituents is 1. The van der Waals surface area contributed by atoms with Gasteiger partial charge in [-0.05, 0) is 34.0 Å². The molecule has 3 rings (SSSR count). The predicted octanol–water partition coefficient (Wildman–Crippen LogP) is 2.01. The van der Waals surface area contributed by atoms with Crippen LogP contribution in [-0.2, 0) is 13.0 Å². The molecule has 0 unspecified atom stereocenters. The molecule has 2 heterocycles. The Morgan fingerprint density at radius 2 is 2.25 bits per heavy atom. The van der Waals surface area contributed by atoms with E-state index in [-0.39, 0.29) is 10.6 Å². The summed E-state index contributed by atoms with van der Waals surface area (Å²) in [6, 6.07) is 3.50. The first-order valence-electron chi connectivity index (χ1n) is 6.19. The molecule has 2 aromatic rings. The second-order valence-corrected chi connectivity index (χ2v) is 5.44. The average Bonchev–Trinajstić information content (AvgIpc) is 3.03. The number of hydrogen-bond acceptors (Lipinski definition) is 5. The number of hydrogen-bond donors (Lipinski definition) is 0. The number of fused-ring (bicyclic) bond motifs is 1. The quantitative estimate of drug-likeness (QED) is 0.630. The molecule has 0 fully saturated rings. The summed E-state index contributed by atoms with van der Waals surface area (Å²) >= 11 is 3.26. The number of rotatable bonds is 4. The van der Waals surface area contributed by atoms with Gasteiger partial charge in [-0.1, -0.05) is 0 Å². The molecule has 104 valence electrons. The molecule has 20 heavy (non-hydrogen) atoms. The number of benzene rings is 1. The second kappa shape index (κ2) is 5.20. The number of halogens is 1. The maximum atomic E-state index is 11.0. The lowest BCUT2D eigenvalue weighted by atomic mass is 10.1. The average molecular weight is 338 g/mol. The van der Waals surface area contributed by atoms with Crippen LogP contribution in [0.2, 0.25) is 0 Å². The minimum absolute atomic E-state index is 0.108. The Labute approximate surface area is 123 Å². The molecule has 0 amide bonds. The highest BCUT2D eigenvalue weighted by Crippen LogP contribution is 2.36. The number of nitrogens with zero attached hydrogens (tertiary/aromatic N) is 5. The van der Waals surface area contributed by atoms with E-state index in [0.717, 1.165) is 30.8 Å². The second-order valence-electron chi connectivity index (χ2n) is 4.59. The van der Waals surface area contributed by atoms with E-state index < -0.39 is 0 Å². The van der Waals surface area contributed by atoms with Crippen molar-refractivity contribution in [3.05, 3.63) is 44.9 Å². The van der Waals surface area contributed by atoms with Crippen molar-refractivity contribution < 1.29 is 4.92 Å². The highest BCUT2D eigenvalue weighted by Gasteiger charge is 2.24. The lowest BCUT2D eigenvalue weighted by Gasteiger charge is -2.19. The van der Waals surface area contributed by atoms with Crippen molar-refractivity contribution in [3.63, 3.8) is 0 Å². The molecule has 0 saturated heterocycles. The summed E-state index contributed by atoms with van der Waals surface area (Å²) in [5, 5.41) is 15.1. The fourth-order valence-corrected chi connectivity index (χ4v) is 2.94. The van der Waals surface area contributed by atoms with Crippen molar-refractivity contribution in [2.24, 2.45) is 0 Å². The van der Waals surface area contributed by atoms with Gasteiger partial charge < -0.3 is 4.90 Å². The Morgan fingerprint density at radius 1 is 1.40 bits per heavy atom. The Hall–Kier alpha value is -1.96. The SMILES string of the molecule is O=[N+]([O-])c1cc2c(cc1Br)CCN2CCn1cncn1. The van der Waals surface area contributed by atoms with Crippen LogP contribution in [0, 0.1) is 10.1 Å². The standard InChI is InChI=1S/C12H12BrN5O2/c13-10-5-9-1-2-16(3-4-17-8-14-7-15-17)11(9)6-12(10)18(19)20/h5-8H,1-4H2. The normalized spacial score (nSPS) is 13.6. The number of nitro groups is 1. The Bertz CT molecular complexity index is 644. The summed E-state index contributed by atoms with van der Waals surface area (Å²) < 4.78 is 2.30. The largest absolute Gasteiger partial charge is 0.369 e. The summed E-state index contributed by atoms with van der Waals surface area (Å²) in [6.07, 6.45) is 4.07. The van der Waals surface area contributed by atoms with E-state index in [9.17, 15) is 10.1 Å². The third-order valence-electron chi connectivity index (χ3n) is 3.40. The van der Waals surface area contributed by atoms with Crippen molar-refractivity contribution in [3.8, 4) is 0 Å². The van der Waals surface area contributed by atoms with Crippen LogP contribution in [0.3, 0.4) is 0 Å². The van der Waals surface area contributed by atoms with Crippen LogP contribution in [-0.4, -0.2) is 32.8 Å². The third-order valence-corrected chi connectivity index (χ3v) is 4.04. The molecular weight excluding hydrogens is 326 g/mol. The van der Waals surface area contributed by atoms with Gasteiger partial charge in [0.2, 0.25) is 0 Å². The molecule has 0 N–H and O–H groups in total. The molecule has 8 heteroatoms. The Kier molecular flexibility index (Phi) is 3.39. The lowest BCUT2D eigenvalue weighted by molar-refractivity contribution is -0.385. The zero-order valence-electron chi connectivity index (χ0n) is 10.6. The van der Waals surface area contributed by atoms with Gasteiger partial charge in [0.15, 0.2) is 0 Å². The molecule has 0 bridgehead atoms. The summed E-state index contributed by atoms with van der Waals surface area (Å²) in [4.78, 5) is 16.7. The summed E-state index contributed by atoms with van der Waals surface area (Å²) in [7, 11) is 0. The van der Waals surface area contributed by atoms with Crippen LogP contribution < -0.4 is 4.90 Å². The monoisotopic (exact) mass is 337 g/mol. The van der Waals surface area contributed by atoms with E-state index in [0.29, 0.717) is 11.0 Å². The van der Waals surface area contributed by atoms with Gasteiger partial charge in [-0.15, -0.1) is 0 Å². The van der Waals surface area contributed by atoms with Gasteiger partial charge in [0.1, 0.15) is 12.7 Å². The van der Waals surface area contributed by atoms with Crippen molar-refractivity contribution in [1.82, 2.24) is 14.8 Å². The van der Waals surface area contributed by atoms with Gasteiger partial charge in [0.05, 0.1) is 15.9 Å². The van der Waals surface area contributed by atoms with E-state index in [1.54, 1.807) is 17.1 Å². The Morgan fingerprint density at radius 3 is 2.95 bits per heavy atom. The molecule has 1 aliphatic rings. The fraction of sp³-hybridized carbons (Fsp3) is 0.333. The van der Waals surface area contributed by atoms with E-state index in [2.05, 4.69) is 30.9 Å². The highest BCUT2D eigenvalue weighted by molar-refractivity contribution is 9.10. The van der Waals surface area contributed by atoms with Crippen LogP contribution in [0.5, 0.6) is 0 Å². The number of anilines is 1. The van der Waals surface area contributed by atoms with Gasteiger partial charge in [-0.3, -0.25) is 14.8 Å². The smallest absolute Gasteiger partial charge is 0.285 e. The maximum absolute atomic E-state index is 11.0. The highest BCUT2D eigenvalue weighted by atomic mass is 79.9. The molecule has 7 nitrogen and oxygen atoms in total. The molecule has 0 radical (unpaired) electrons. The molecule has 0 atom stereocenters. The summed E-state index contributed by atoms with van der Waals surface area (Å²) in [6.45, 7) is 2.34. The van der Waals surface area contributed by atoms with E-state index >= 15 is 0 Å². The summed E-state index contributed by atoms with van der Waals surface area (Å²) in [5.74, 6) is 0. The van der Waals surface area contributed by atoms with Crippen LogP contribution in [0.15, 0.2) is 29.3 Å². The molecular formula is C12H12BrN5O2. The molecule has 1 aliphatic heterocycles. The first-order chi connectivity index (χ1) is 9.65. The lowest BCUT2D eigenvalue weighted by Crippen LogP contribution is -2.25. The van der Waals surface area contributed by atoms with Gasteiger partial charge in [-0.2, -0.15) is 5.10 Å². The molecule has 1 aromatic heterocycles. The van der Waals surface area contributed by atoms with E-state index in [1.807, 2.05) is 6.07 Å². The van der Waals surface area contributed by atoms with Gasteiger partial charge in [0.25, 0.3) is 5.69 Å². The first-order valence-corrected chi connectivity index (χ1v) is 6.98. The zero-order valence-corrected chi connectivity index (χ0v) is 12.2. The van der Waals surface area contributed by atoms with Gasteiger partial charge in [0, 0.05) is 24.8 Å². The minimum atomic E-state index is -0.363. The van der Waals surface area contributed by atoms with Crippen LogP contribution in [0.1, 0.15) is 5.56 Å². The number of aromatic nitrogens is 3. The van der Waals surface area contributed by atoms with Crippen molar-refractivity contribution in [2.75, 3.05) is 18.0 Å². The van der Waals surface area contributed by atoms with E-state index in [4.69, 9.17) is 0 Å². The summed E-state index contributed by atoms with van der Waals surface area (Å²) in [5.41, 5.74) is 2.19. The predicted molar refractivity (Wildman–Crippen MR) is 76.7 cm³/mol. The van der Waals surface area contributed by atoms with Crippen LogP contribution >= 0.6 is 15.9 Å². The van der Waals surface area contributed by atoms with Crippen molar-refractivity contribution in [1.29, 1.82) is 0 Å². The minimum Gasteiger partial charge on any atom is -0.369 e. The van der Waals surface area contributed by atoms with Crippen molar-refractivity contribution in [2.45, 2.75) is 13.0 Å². The molecule has 1 aromatic carbocycles. The zero-order chi connectivity index (χ0) is 14.1. The first kappa shape index (κ1) is 13.0. The Balaban J connectivity index is 1.81. The molecule has 0 aliphatic carbocycles. The third kappa shape index (κ3) is 2.38. The van der Waals surface area contributed by atoms with Gasteiger partial charge in [-0.25, -0.2) is 4.98 Å². The fourth-order valence-electron chi connectivity index (χ4n) is 2.41. The molecule has 0 saturated carbocycles. The van der Waals surface area contributed by atoms with Crippen molar-refractivity contribution >= 4 is 27.3 Å². The van der Waals surface area contributed by atoms with Gasteiger partial charge >= 0.3 is 0 Å². The molecule has 0 spiro atoms. The topological polar surface area (TPSA) is 77.1 Å². The van der Waals surface area contributed by atoms with E-state index in [1.165, 1.54) is 6.33 Å². The van der Waals surface area contributed by atoms with Crippen LogP contribution in [0.4, 0.5) is 11.4 Å².